The first-order valence-electron chi connectivity index (χ1n) is 8.60. The van der Waals surface area contributed by atoms with Gasteiger partial charge in [-0.05, 0) is 18.4 Å². The van der Waals surface area contributed by atoms with Gasteiger partial charge in [-0.3, -0.25) is 4.79 Å². The largest absolute Gasteiger partial charge is 0.376 e. The number of hydrogen-bond donors (Lipinski definition) is 1. The highest BCUT2D eigenvalue weighted by molar-refractivity contribution is 8.00. The zero-order valence-electron chi connectivity index (χ0n) is 14.2. The van der Waals surface area contributed by atoms with Crippen LogP contribution in [0.3, 0.4) is 0 Å². The highest BCUT2D eigenvalue weighted by Gasteiger charge is 2.17. The maximum absolute atomic E-state index is 12.2. The van der Waals surface area contributed by atoms with Crippen molar-refractivity contribution in [2.24, 2.45) is 0 Å². The Morgan fingerprint density at radius 3 is 3.00 bits per heavy atom. The second kappa shape index (κ2) is 8.16. The Bertz CT molecular complexity index is 892. The minimum absolute atomic E-state index is 0.00810. The summed E-state index contributed by atoms with van der Waals surface area (Å²) in [6.07, 6.45) is 3.83. The molecule has 4 rings (SSSR count). The van der Waals surface area contributed by atoms with Crippen LogP contribution in [0.5, 0.6) is 0 Å². The molecule has 1 aliphatic heterocycles. The van der Waals surface area contributed by atoms with Gasteiger partial charge in [0.1, 0.15) is 16.2 Å². The average molecular weight is 386 g/mol. The Hall–Kier alpha value is -1.96. The van der Waals surface area contributed by atoms with Crippen molar-refractivity contribution in [1.82, 2.24) is 15.3 Å². The number of fused-ring (bicyclic) bond motifs is 1. The van der Waals surface area contributed by atoms with E-state index in [2.05, 4.69) is 32.8 Å². The number of nitrogens with one attached hydrogen (secondary N) is 1. The van der Waals surface area contributed by atoms with Crippen molar-refractivity contribution in [1.29, 1.82) is 0 Å². The molecule has 1 atom stereocenters. The van der Waals surface area contributed by atoms with Gasteiger partial charge in [0.05, 0.1) is 17.2 Å². The Labute approximate surface area is 160 Å². The number of aromatic nitrogens is 2. The molecule has 1 amide bonds. The number of thioether (sulfide) groups is 1. The Morgan fingerprint density at radius 1 is 1.31 bits per heavy atom. The van der Waals surface area contributed by atoms with E-state index in [4.69, 9.17) is 4.74 Å². The number of nitrogens with zero attached hydrogens (tertiary/aromatic N) is 2. The summed E-state index contributed by atoms with van der Waals surface area (Å²) in [5.74, 6) is 0.344. The van der Waals surface area contributed by atoms with Crippen LogP contribution in [0.1, 0.15) is 12.8 Å². The maximum atomic E-state index is 12.2. The van der Waals surface area contributed by atoms with Crippen molar-refractivity contribution >= 4 is 39.2 Å². The van der Waals surface area contributed by atoms with Gasteiger partial charge in [-0.15, -0.1) is 11.3 Å². The fraction of sp³-hybridized carbons (Fsp3) is 0.316. The number of carbonyl (C=O) groups excluding carboxylic acids is 1. The van der Waals surface area contributed by atoms with Gasteiger partial charge >= 0.3 is 0 Å². The van der Waals surface area contributed by atoms with Crippen LogP contribution in [0.4, 0.5) is 0 Å². The fourth-order valence-electron chi connectivity index (χ4n) is 3.01. The molecule has 0 radical (unpaired) electrons. The lowest BCUT2D eigenvalue weighted by molar-refractivity contribution is -0.119. The number of amides is 1. The smallest absolute Gasteiger partial charge is 0.230 e. The normalized spacial score (nSPS) is 16.8. The summed E-state index contributed by atoms with van der Waals surface area (Å²) in [4.78, 5) is 21.9. The predicted molar refractivity (Wildman–Crippen MR) is 106 cm³/mol. The average Bonchev–Trinajstić information content (AvgIpc) is 3.35. The summed E-state index contributed by atoms with van der Waals surface area (Å²) in [6, 6.07) is 10.2. The van der Waals surface area contributed by atoms with Crippen LogP contribution in [0.15, 0.2) is 47.1 Å². The molecule has 26 heavy (non-hydrogen) atoms. The van der Waals surface area contributed by atoms with E-state index in [1.807, 2.05) is 18.2 Å². The van der Waals surface area contributed by atoms with Crippen molar-refractivity contribution in [2.75, 3.05) is 18.9 Å². The Kier molecular flexibility index (Phi) is 5.48. The summed E-state index contributed by atoms with van der Waals surface area (Å²) in [5, 5.41) is 6.94. The first kappa shape index (κ1) is 17.5. The number of ether oxygens (including phenoxy) is 1. The van der Waals surface area contributed by atoms with Gasteiger partial charge in [-0.1, -0.05) is 42.1 Å². The molecule has 0 spiro atoms. The summed E-state index contributed by atoms with van der Waals surface area (Å²) in [7, 11) is 0. The third-order valence-corrected chi connectivity index (χ3v) is 6.19. The summed E-state index contributed by atoms with van der Waals surface area (Å²) < 4.78 is 5.54. The lowest BCUT2D eigenvalue weighted by Crippen LogP contribution is -2.32. The Morgan fingerprint density at radius 2 is 2.19 bits per heavy atom. The number of rotatable bonds is 6. The molecule has 134 valence electrons. The van der Waals surface area contributed by atoms with Gasteiger partial charge in [-0.25, -0.2) is 9.97 Å². The predicted octanol–water partition coefficient (Wildman–Crippen LogP) is 3.75. The molecule has 0 saturated carbocycles. The van der Waals surface area contributed by atoms with Gasteiger partial charge in [0, 0.05) is 24.1 Å². The first-order valence-corrected chi connectivity index (χ1v) is 10.5. The van der Waals surface area contributed by atoms with Crippen LogP contribution in [-0.4, -0.2) is 40.9 Å². The molecule has 3 heterocycles. The third kappa shape index (κ3) is 3.90. The van der Waals surface area contributed by atoms with E-state index in [9.17, 15) is 4.79 Å². The van der Waals surface area contributed by atoms with Gasteiger partial charge in [-0.2, -0.15) is 0 Å². The SMILES string of the molecule is O=C(CSc1ncnc2scc(-c3ccccc3)c12)NC[C@H]1CCCO1. The van der Waals surface area contributed by atoms with Crippen LogP contribution in [0.25, 0.3) is 21.3 Å². The summed E-state index contributed by atoms with van der Waals surface area (Å²) >= 11 is 3.06. The lowest BCUT2D eigenvalue weighted by atomic mass is 10.1. The maximum Gasteiger partial charge on any atom is 0.230 e. The molecule has 1 N–H and O–H groups in total. The monoisotopic (exact) mass is 385 g/mol. The van der Waals surface area contributed by atoms with Gasteiger partial charge in [0.2, 0.25) is 5.91 Å². The number of carbonyl (C=O) groups is 1. The molecular weight excluding hydrogens is 366 g/mol. The molecule has 0 bridgehead atoms. The zero-order valence-corrected chi connectivity index (χ0v) is 15.8. The lowest BCUT2D eigenvalue weighted by Gasteiger charge is -2.10. The van der Waals surface area contributed by atoms with E-state index in [1.54, 1.807) is 17.7 Å². The molecule has 1 fully saturated rings. The first-order chi connectivity index (χ1) is 12.8. The Balaban J connectivity index is 1.48. The number of hydrogen-bond acceptors (Lipinski definition) is 6. The molecule has 0 unspecified atom stereocenters. The molecule has 7 heteroatoms. The summed E-state index contributed by atoms with van der Waals surface area (Å²) in [5.41, 5.74) is 2.26. The zero-order chi connectivity index (χ0) is 17.8. The third-order valence-electron chi connectivity index (χ3n) is 4.31. The van der Waals surface area contributed by atoms with Crippen LogP contribution in [-0.2, 0) is 9.53 Å². The quantitative estimate of drug-likeness (QED) is 0.517. The van der Waals surface area contributed by atoms with Crippen molar-refractivity contribution in [3.63, 3.8) is 0 Å². The standard InChI is InChI=1S/C19H19N3O2S2/c23-16(20-9-14-7-4-8-24-14)11-26-19-17-15(13-5-2-1-3-6-13)10-25-18(17)21-12-22-19/h1-3,5-6,10,12,14H,4,7-9,11H2,(H,20,23)/t14-/m1/s1. The minimum atomic E-state index is 0.00810. The van der Waals surface area contributed by atoms with E-state index in [1.165, 1.54) is 11.8 Å². The molecular formula is C19H19N3O2S2. The van der Waals surface area contributed by atoms with Crippen LogP contribution in [0.2, 0.25) is 0 Å². The van der Waals surface area contributed by atoms with Crippen molar-refractivity contribution in [3.05, 3.63) is 42.0 Å². The molecule has 3 aromatic rings. The topological polar surface area (TPSA) is 64.1 Å². The van der Waals surface area contributed by atoms with E-state index in [0.29, 0.717) is 12.3 Å². The number of thiophene rings is 1. The molecule has 1 saturated heterocycles. The van der Waals surface area contributed by atoms with E-state index < -0.39 is 0 Å². The molecule has 5 nitrogen and oxygen atoms in total. The molecule has 1 aromatic carbocycles. The van der Waals surface area contributed by atoms with Crippen LogP contribution >= 0.6 is 23.1 Å². The van der Waals surface area contributed by atoms with Crippen molar-refractivity contribution in [3.8, 4) is 11.1 Å². The van der Waals surface area contributed by atoms with E-state index >= 15 is 0 Å². The van der Waals surface area contributed by atoms with Crippen molar-refractivity contribution in [2.45, 2.75) is 24.0 Å². The second-order valence-corrected chi connectivity index (χ2v) is 7.92. The van der Waals surface area contributed by atoms with Gasteiger partial charge in [0.25, 0.3) is 0 Å². The highest BCUT2D eigenvalue weighted by atomic mass is 32.2. The molecule has 0 aliphatic carbocycles. The van der Waals surface area contributed by atoms with E-state index in [-0.39, 0.29) is 12.0 Å². The molecule has 2 aromatic heterocycles. The van der Waals surface area contributed by atoms with Crippen LogP contribution < -0.4 is 5.32 Å². The fourth-order valence-corrected chi connectivity index (χ4v) is 4.83. The van der Waals surface area contributed by atoms with Gasteiger partial charge in [0.15, 0.2) is 0 Å². The van der Waals surface area contributed by atoms with E-state index in [0.717, 1.165) is 45.8 Å². The second-order valence-electron chi connectivity index (χ2n) is 6.10. The molecule has 1 aliphatic rings. The van der Waals surface area contributed by atoms with Crippen LogP contribution in [0, 0.1) is 0 Å². The highest BCUT2D eigenvalue weighted by Crippen LogP contribution is 2.37. The summed E-state index contributed by atoms with van der Waals surface area (Å²) in [6.45, 7) is 1.39. The minimum Gasteiger partial charge on any atom is -0.376 e. The van der Waals surface area contributed by atoms with Crippen molar-refractivity contribution < 1.29 is 9.53 Å². The van der Waals surface area contributed by atoms with Gasteiger partial charge < -0.3 is 10.1 Å². The number of benzene rings is 1.